The number of carbonyl (C=O) groups is 1. The average molecular weight is 590 g/mol. The van der Waals surface area contributed by atoms with Crippen LogP contribution in [0.25, 0.3) is 0 Å². The van der Waals surface area contributed by atoms with Crippen LogP contribution in [-0.4, -0.2) is 23.3 Å². The van der Waals surface area contributed by atoms with E-state index >= 15 is 0 Å². The van der Waals surface area contributed by atoms with E-state index in [1.54, 1.807) is 0 Å². The van der Waals surface area contributed by atoms with Crippen molar-refractivity contribution in [2.75, 3.05) is 17.8 Å². The van der Waals surface area contributed by atoms with Crippen molar-refractivity contribution in [3.8, 4) is 5.75 Å². The molecule has 4 nitrogen and oxygen atoms in total. The van der Waals surface area contributed by atoms with Gasteiger partial charge in [0.15, 0.2) is 0 Å². The lowest BCUT2D eigenvalue weighted by Crippen LogP contribution is -2.15. The van der Waals surface area contributed by atoms with E-state index in [2.05, 4.69) is 42.4 Å². The second-order valence-electron chi connectivity index (χ2n) is 9.86. The number of thioether (sulfide) groups is 1. The number of allylic oxidation sites excluding steroid dienone is 1. The Morgan fingerprint density at radius 1 is 0.919 bits per heavy atom. The van der Waals surface area contributed by atoms with Crippen LogP contribution in [0.4, 0.5) is 5.69 Å². The maximum absolute atomic E-state index is 12.7. The molecule has 1 amide bonds. The number of amides is 1. The summed E-state index contributed by atoms with van der Waals surface area (Å²) in [5, 5.41) is 3.06. The van der Waals surface area contributed by atoms with E-state index in [1.807, 2.05) is 48.2 Å². The molecule has 204 valence electrons. The second-order valence-corrected chi connectivity index (χ2v) is 11.1. The van der Waals surface area contributed by atoms with Gasteiger partial charge in [-0.2, -0.15) is 0 Å². The molecule has 2 aromatic carbocycles. The van der Waals surface area contributed by atoms with Crippen LogP contribution in [0.15, 0.2) is 59.6 Å². The molecule has 1 aliphatic heterocycles. The lowest BCUT2D eigenvalue weighted by atomic mass is 10.1. The fourth-order valence-electron chi connectivity index (χ4n) is 4.50. The maximum Gasteiger partial charge on any atom is 0.228 e. The predicted octanol–water partition coefficient (Wildman–Crippen LogP) is 9.11. The van der Waals surface area contributed by atoms with Crippen molar-refractivity contribution in [3.05, 3.63) is 70.8 Å². The Bertz CT molecular complexity index is 966. The topological polar surface area (TPSA) is 41.6 Å². The minimum atomic E-state index is -0.00791. The zero-order valence-corrected chi connectivity index (χ0v) is 25.2. The first kappa shape index (κ1) is 31.3. The van der Waals surface area contributed by atoms with Crippen molar-refractivity contribution in [1.82, 2.24) is 4.90 Å². The number of ether oxygens (including phenoxy) is 1. The van der Waals surface area contributed by atoms with Crippen LogP contribution >= 0.6 is 28.7 Å². The van der Waals surface area contributed by atoms with Gasteiger partial charge in [0.25, 0.3) is 0 Å². The Morgan fingerprint density at radius 3 is 2.30 bits per heavy atom. The Kier molecular flexibility index (Phi) is 15.5. The standard InChI is InChI=1S/C31H44N2O2S.BrH/c1-3-4-5-6-7-8-9-10-11-12-19-35-30-18-14-15-27(21-30)22-31(34)32-29-17-13-16-28(20-29)24-33-23-26(2)36-25-33;/h13-18,20-21,23H,3-12,19,22,24-25H2,1-2H3,(H,32,34);1H. The normalized spacial score (nSPS) is 12.7. The van der Waals surface area contributed by atoms with Crippen LogP contribution in [0.5, 0.6) is 5.75 Å². The van der Waals surface area contributed by atoms with Crippen molar-refractivity contribution < 1.29 is 9.53 Å². The van der Waals surface area contributed by atoms with Gasteiger partial charge in [0.05, 0.1) is 18.9 Å². The van der Waals surface area contributed by atoms with Crippen molar-refractivity contribution in [2.45, 2.75) is 91.0 Å². The van der Waals surface area contributed by atoms with Crippen LogP contribution in [0.3, 0.4) is 0 Å². The van der Waals surface area contributed by atoms with Crippen molar-refractivity contribution in [3.63, 3.8) is 0 Å². The Morgan fingerprint density at radius 2 is 1.59 bits per heavy atom. The molecule has 6 heteroatoms. The van der Waals surface area contributed by atoms with E-state index in [4.69, 9.17) is 4.74 Å². The number of nitrogens with one attached hydrogen (secondary N) is 1. The van der Waals surface area contributed by atoms with Crippen molar-refractivity contribution in [1.29, 1.82) is 0 Å². The van der Waals surface area contributed by atoms with E-state index in [9.17, 15) is 4.79 Å². The van der Waals surface area contributed by atoms with Gasteiger partial charge in [0.2, 0.25) is 5.91 Å². The summed E-state index contributed by atoms with van der Waals surface area (Å²) in [5.41, 5.74) is 3.01. The summed E-state index contributed by atoms with van der Waals surface area (Å²) in [6.45, 7) is 6.00. The van der Waals surface area contributed by atoms with Gasteiger partial charge >= 0.3 is 0 Å². The van der Waals surface area contributed by atoms with E-state index < -0.39 is 0 Å². The Labute approximate surface area is 239 Å². The van der Waals surface area contributed by atoms with Crippen molar-refractivity contribution >= 4 is 40.3 Å². The number of hydrogen-bond acceptors (Lipinski definition) is 4. The molecule has 0 radical (unpaired) electrons. The summed E-state index contributed by atoms with van der Waals surface area (Å²) in [6.07, 6.45) is 15.7. The fraction of sp³-hybridized carbons (Fsp3) is 0.516. The van der Waals surface area contributed by atoms with E-state index in [-0.39, 0.29) is 22.9 Å². The van der Waals surface area contributed by atoms with Gasteiger partial charge in [-0.05, 0) is 53.6 Å². The average Bonchev–Trinajstić information content (AvgIpc) is 3.27. The first-order valence-electron chi connectivity index (χ1n) is 13.8. The summed E-state index contributed by atoms with van der Waals surface area (Å²) in [5.74, 6) is 1.83. The number of unbranched alkanes of at least 4 members (excludes halogenated alkanes) is 9. The molecule has 3 rings (SSSR count). The Hall–Kier alpha value is -1.92. The molecular formula is C31H45BrN2O2S. The lowest BCUT2D eigenvalue weighted by Gasteiger charge is -2.15. The molecule has 1 aliphatic rings. The number of nitrogens with zero attached hydrogens (tertiary/aromatic N) is 1. The summed E-state index contributed by atoms with van der Waals surface area (Å²) in [4.78, 5) is 16.3. The number of carbonyl (C=O) groups excluding carboxylic acids is 1. The molecule has 0 saturated carbocycles. The van der Waals surface area contributed by atoms with E-state index in [0.717, 1.165) is 42.4 Å². The molecule has 37 heavy (non-hydrogen) atoms. The molecule has 0 spiro atoms. The van der Waals surface area contributed by atoms with Gasteiger partial charge in [-0.15, -0.1) is 28.7 Å². The molecule has 0 aliphatic carbocycles. The van der Waals surface area contributed by atoms with Gasteiger partial charge in [-0.25, -0.2) is 0 Å². The summed E-state index contributed by atoms with van der Waals surface area (Å²) >= 11 is 1.86. The third kappa shape index (κ3) is 12.9. The molecule has 0 saturated heterocycles. The second kappa shape index (κ2) is 18.4. The van der Waals surface area contributed by atoms with Crippen LogP contribution in [0.1, 0.15) is 89.2 Å². The number of hydrogen-bond donors (Lipinski definition) is 1. The summed E-state index contributed by atoms with van der Waals surface area (Å²) in [6, 6.07) is 16.1. The van der Waals surface area contributed by atoms with Gasteiger partial charge in [0, 0.05) is 18.4 Å². The van der Waals surface area contributed by atoms with Gasteiger partial charge in [0.1, 0.15) is 5.75 Å². The summed E-state index contributed by atoms with van der Waals surface area (Å²) < 4.78 is 5.96. The third-order valence-corrected chi connectivity index (χ3v) is 7.47. The number of benzene rings is 2. The first-order chi connectivity index (χ1) is 17.6. The van der Waals surface area contributed by atoms with Crippen LogP contribution < -0.4 is 10.1 Å². The highest BCUT2D eigenvalue weighted by atomic mass is 79.9. The highest BCUT2D eigenvalue weighted by Gasteiger charge is 2.11. The molecule has 1 heterocycles. The van der Waals surface area contributed by atoms with Gasteiger partial charge in [-0.1, -0.05) is 89.0 Å². The molecule has 0 fully saturated rings. The molecule has 0 unspecified atom stereocenters. The predicted molar refractivity (Wildman–Crippen MR) is 165 cm³/mol. The van der Waals surface area contributed by atoms with Crippen LogP contribution in [0.2, 0.25) is 0 Å². The maximum atomic E-state index is 12.7. The minimum absolute atomic E-state index is 0. The molecule has 2 aromatic rings. The molecule has 0 aromatic heterocycles. The largest absolute Gasteiger partial charge is 0.494 e. The quantitative estimate of drug-likeness (QED) is 0.187. The van der Waals surface area contributed by atoms with Gasteiger partial charge < -0.3 is 15.0 Å². The van der Waals surface area contributed by atoms with E-state index in [0.29, 0.717) is 6.42 Å². The smallest absolute Gasteiger partial charge is 0.228 e. The monoisotopic (exact) mass is 588 g/mol. The van der Waals surface area contributed by atoms with Crippen LogP contribution in [0, 0.1) is 0 Å². The number of halogens is 1. The number of anilines is 1. The highest BCUT2D eigenvalue weighted by molar-refractivity contribution is 8.93. The van der Waals surface area contributed by atoms with E-state index in [1.165, 1.54) is 68.3 Å². The summed E-state index contributed by atoms with van der Waals surface area (Å²) in [7, 11) is 0. The minimum Gasteiger partial charge on any atom is -0.494 e. The lowest BCUT2D eigenvalue weighted by molar-refractivity contribution is -0.115. The van der Waals surface area contributed by atoms with Crippen LogP contribution in [-0.2, 0) is 17.8 Å². The third-order valence-electron chi connectivity index (χ3n) is 6.45. The molecular weight excluding hydrogens is 544 g/mol. The zero-order chi connectivity index (χ0) is 25.4. The SMILES string of the molecule is Br.CCCCCCCCCCCCOc1cccc(CC(=O)Nc2cccc(CN3C=C(C)SC3)c2)c1. The van der Waals surface area contributed by atoms with Crippen molar-refractivity contribution in [2.24, 2.45) is 0 Å². The number of rotatable bonds is 17. The fourth-order valence-corrected chi connectivity index (χ4v) is 5.26. The highest BCUT2D eigenvalue weighted by Crippen LogP contribution is 2.26. The first-order valence-corrected chi connectivity index (χ1v) is 14.8. The molecule has 0 atom stereocenters. The molecule has 0 bridgehead atoms. The molecule has 1 N–H and O–H groups in total. The Balaban J connectivity index is 0.00000481. The van der Waals surface area contributed by atoms with Gasteiger partial charge in [-0.3, -0.25) is 4.79 Å². The zero-order valence-electron chi connectivity index (χ0n) is 22.7.